The first-order valence-corrected chi connectivity index (χ1v) is 7.35. The molecule has 21 heavy (non-hydrogen) atoms. The highest BCUT2D eigenvalue weighted by atomic mass is 35.5. The van der Waals surface area contributed by atoms with E-state index >= 15 is 0 Å². The highest BCUT2D eigenvalue weighted by Crippen LogP contribution is 2.27. The van der Waals surface area contributed by atoms with Crippen molar-refractivity contribution in [3.63, 3.8) is 0 Å². The number of ketones is 1. The number of carbonyl (C=O) groups is 1. The van der Waals surface area contributed by atoms with Gasteiger partial charge in [-0.25, -0.2) is 0 Å². The number of furan rings is 1. The van der Waals surface area contributed by atoms with Gasteiger partial charge in [0.2, 0.25) is 0 Å². The average molecular weight is 299 g/mol. The van der Waals surface area contributed by atoms with E-state index in [0.29, 0.717) is 23.4 Å². The third-order valence-electron chi connectivity index (χ3n) is 3.55. The van der Waals surface area contributed by atoms with Crippen molar-refractivity contribution in [2.24, 2.45) is 0 Å². The van der Waals surface area contributed by atoms with Crippen LogP contribution in [0.4, 0.5) is 0 Å². The monoisotopic (exact) mass is 298 g/mol. The molecular formula is C18H15ClO2. The molecule has 0 saturated heterocycles. The van der Waals surface area contributed by atoms with Crippen molar-refractivity contribution in [1.82, 2.24) is 0 Å². The Hall–Kier alpha value is -2.06. The molecule has 0 aliphatic rings. The lowest BCUT2D eigenvalue weighted by molar-refractivity contribution is 0.0992. The first kappa shape index (κ1) is 13.9. The average Bonchev–Trinajstić information content (AvgIpc) is 2.88. The van der Waals surface area contributed by atoms with Crippen molar-refractivity contribution < 1.29 is 9.21 Å². The molecule has 0 aliphatic carbocycles. The fraction of sp³-hybridized carbons (Fsp3) is 0.167. The van der Waals surface area contributed by atoms with Gasteiger partial charge in [0.25, 0.3) is 0 Å². The van der Waals surface area contributed by atoms with Crippen LogP contribution in [0.3, 0.4) is 0 Å². The van der Waals surface area contributed by atoms with Crippen LogP contribution in [0.5, 0.6) is 0 Å². The zero-order valence-electron chi connectivity index (χ0n) is 11.7. The second-order valence-electron chi connectivity index (χ2n) is 4.98. The third-order valence-corrected chi connectivity index (χ3v) is 3.80. The van der Waals surface area contributed by atoms with Crippen molar-refractivity contribution >= 4 is 28.4 Å². The second kappa shape index (κ2) is 5.74. The van der Waals surface area contributed by atoms with Gasteiger partial charge < -0.3 is 4.42 Å². The summed E-state index contributed by atoms with van der Waals surface area (Å²) in [5, 5.41) is 1.57. The van der Waals surface area contributed by atoms with E-state index in [4.69, 9.17) is 16.0 Å². The molecule has 0 atom stereocenters. The number of fused-ring (bicyclic) bond motifs is 1. The van der Waals surface area contributed by atoms with E-state index < -0.39 is 0 Å². The molecule has 0 saturated carbocycles. The van der Waals surface area contributed by atoms with E-state index in [1.807, 2.05) is 43.3 Å². The van der Waals surface area contributed by atoms with Crippen LogP contribution in [0.2, 0.25) is 5.02 Å². The summed E-state index contributed by atoms with van der Waals surface area (Å²) in [4.78, 5) is 12.7. The Bertz CT molecular complexity index is 785. The van der Waals surface area contributed by atoms with Crippen molar-refractivity contribution in [2.45, 2.75) is 19.8 Å². The summed E-state index contributed by atoms with van der Waals surface area (Å²) in [6, 6.07) is 15.1. The topological polar surface area (TPSA) is 30.2 Å². The number of rotatable bonds is 4. The minimum Gasteiger partial charge on any atom is -0.460 e. The molecule has 2 nitrogen and oxygen atoms in total. The van der Waals surface area contributed by atoms with Gasteiger partial charge in [-0.15, -0.1) is 0 Å². The van der Waals surface area contributed by atoms with Crippen LogP contribution in [0.1, 0.15) is 28.6 Å². The molecule has 1 aromatic heterocycles. The van der Waals surface area contributed by atoms with Crippen molar-refractivity contribution in [3.05, 3.63) is 70.4 Å². The Morgan fingerprint density at radius 1 is 1.10 bits per heavy atom. The Kier molecular flexibility index (Phi) is 3.80. The minimum absolute atomic E-state index is 0.0825. The first-order chi connectivity index (χ1) is 10.2. The molecule has 0 fully saturated rings. The van der Waals surface area contributed by atoms with E-state index in [1.54, 1.807) is 12.1 Å². The maximum atomic E-state index is 12.7. The van der Waals surface area contributed by atoms with Gasteiger partial charge >= 0.3 is 0 Å². The van der Waals surface area contributed by atoms with Gasteiger partial charge in [-0.1, -0.05) is 48.9 Å². The van der Waals surface area contributed by atoms with E-state index in [-0.39, 0.29) is 5.78 Å². The lowest BCUT2D eigenvalue weighted by atomic mass is 9.99. The quantitative estimate of drug-likeness (QED) is 0.629. The summed E-state index contributed by atoms with van der Waals surface area (Å²) in [5.74, 6) is 0.842. The molecule has 0 spiro atoms. The van der Waals surface area contributed by atoms with E-state index in [1.165, 1.54) is 0 Å². The molecule has 0 radical (unpaired) electrons. The molecule has 3 rings (SSSR count). The van der Waals surface area contributed by atoms with Crippen molar-refractivity contribution in [1.29, 1.82) is 0 Å². The number of carbonyl (C=O) groups excluding carboxylic acids is 1. The van der Waals surface area contributed by atoms with Crippen molar-refractivity contribution in [3.8, 4) is 0 Å². The third kappa shape index (κ3) is 2.72. The maximum Gasteiger partial charge on any atom is 0.171 e. The van der Waals surface area contributed by atoms with Crippen LogP contribution in [-0.4, -0.2) is 5.78 Å². The summed E-state index contributed by atoms with van der Waals surface area (Å²) < 4.78 is 5.78. The van der Waals surface area contributed by atoms with Crippen molar-refractivity contribution in [2.75, 3.05) is 0 Å². The zero-order valence-corrected chi connectivity index (χ0v) is 12.5. The number of halogens is 1. The highest BCUT2D eigenvalue weighted by Gasteiger charge is 2.19. The SMILES string of the molecule is CCc1oc2ccccc2c1C(=O)Cc1ccc(Cl)cc1. The van der Waals surface area contributed by atoms with Gasteiger partial charge in [0, 0.05) is 23.3 Å². The Balaban J connectivity index is 1.99. The number of Topliss-reactive ketones (excluding diaryl/α,β-unsaturated/α-hetero) is 1. The highest BCUT2D eigenvalue weighted by molar-refractivity contribution is 6.30. The summed E-state index contributed by atoms with van der Waals surface area (Å²) in [6.45, 7) is 2.00. The van der Waals surface area contributed by atoms with Crippen LogP contribution in [0, 0.1) is 0 Å². The maximum absolute atomic E-state index is 12.7. The van der Waals surface area contributed by atoms with Crippen LogP contribution >= 0.6 is 11.6 Å². The van der Waals surface area contributed by atoms with Crippen LogP contribution in [0.25, 0.3) is 11.0 Å². The van der Waals surface area contributed by atoms with Crippen LogP contribution in [0.15, 0.2) is 52.9 Å². The Morgan fingerprint density at radius 2 is 1.81 bits per heavy atom. The van der Waals surface area contributed by atoms with Gasteiger partial charge in [0.05, 0.1) is 5.56 Å². The van der Waals surface area contributed by atoms with Gasteiger partial charge in [-0.05, 0) is 23.8 Å². The minimum atomic E-state index is 0.0825. The van der Waals surface area contributed by atoms with Crippen LogP contribution < -0.4 is 0 Å². The smallest absolute Gasteiger partial charge is 0.171 e. The molecule has 0 bridgehead atoms. The molecular weight excluding hydrogens is 284 g/mol. The number of aryl methyl sites for hydroxylation is 1. The largest absolute Gasteiger partial charge is 0.460 e. The Labute approximate surface area is 128 Å². The lowest BCUT2D eigenvalue weighted by Gasteiger charge is -2.02. The lowest BCUT2D eigenvalue weighted by Crippen LogP contribution is -2.05. The Morgan fingerprint density at radius 3 is 2.52 bits per heavy atom. The molecule has 106 valence electrons. The molecule has 0 amide bonds. The van der Waals surface area contributed by atoms with Gasteiger partial charge in [0.15, 0.2) is 5.78 Å². The van der Waals surface area contributed by atoms with E-state index in [0.717, 1.165) is 22.3 Å². The summed E-state index contributed by atoms with van der Waals surface area (Å²) in [5.41, 5.74) is 2.44. The second-order valence-corrected chi connectivity index (χ2v) is 5.41. The summed E-state index contributed by atoms with van der Waals surface area (Å²) in [6.07, 6.45) is 1.06. The molecule has 3 heteroatoms. The summed E-state index contributed by atoms with van der Waals surface area (Å²) >= 11 is 5.87. The molecule has 0 aliphatic heterocycles. The first-order valence-electron chi connectivity index (χ1n) is 6.97. The molecule has 0 N–H and O–H groups in total. The number of para-hydroxylation sites is 1. The van der Waals surface area contributed by atoms with Gasteiger partial charge in [0.1, 0.15) is 11.3 Å². The van der Waals surface area contributed by atoms with E-state index in [2.05, 4.69) is 0 Å². The standard InChI is InChI=1S/C18H15ClO2/c1-2-16-18(14-5-3-4-6-17(14)21-16)15(20)11-12-7-9-13(19)10-8-12/h3-10H,2,11H2,1H3. The van der Waals surface area contributed by atoms with Gasteiger partial charge in [-0.3, -0.25) is 4.79 Å². The number of benzene rings is 2. The van der Waals surface area contributed by atoms with E-state index in [9.17, 15) is 4.79 Å². The molecule has 0 unspecified atom stereocenters. The fourth-order valence-electron chi connectivity index (χ4n) is 2.53. The van der Waals surface area contributed by atoms with Crippen LogP contribution in [-0.2, 0) is 12.8 Å². The number of hydrogen-bond donors (Lipinski definition) is 0. The molecule has 2 aromatic carbocycles. The molecule has 3 aromatic rings. The zero-order chi connectivity index (χ0) is 14.8. The fourth-order valence-corrected chi connectivity index (χ4v) is 2.65. The number of hydrogen-bond acceptors (Lipinski definition) is 2. The predicted molar refractivity (Wildman–Crippen MR) is 85.1 cm³/mol. The summed E-state index contributed by atoms with van der Waals surface area (Å²) in [7, 11) is 0. The predicted octanol–water partition coefficient (Wildman–Crippen LogP) is 5.07. The normalized spacial score (nSPS) is 11.0. The molecule has 1 heterocycles. The van der Waals surface area contributed by atoms with Gasteiger partial charge in [-0.2, -0.15) is 0 Å².